The molecule has 0 amide bonds. The van der Waals surface area contributed by atoms with E-state index in [1.165, 1.54) is 0 Å². The van der Waals surface area contributed by atoms with Gasteiger partial charge in [-0.2, -0.15) is 0 Å². The second-order valence-corrected chi connectivity index (χ2v) is 2.68. The zero-order valence-corrected chi connectivity index (χ0v) is 6.69. The van der Waals surface area contributed by atoms with Gasteiger partial charge in [0.25, 0.3) is 0 Å². The lowest BCUT2D eigenvalue weighted by Gasteiger charge is -2.20. The van der Waals surface area contributed by atoms with Crippen LogP contribution in [0.3, 0.4) is 0 Å². The highest BCUT2D eigenvalue weighted by molar-refractivity contribution is 5.89. The molecule has 0 spiro atoms. The van der Waals surface area contributed by atoms with E-state index in [0.29, 0.717) is 0 Å². The Balaban J connectivity index is 4.08. The van der Waals surface area contributed by atoms with Gasteiger partial charge in [-0.3, -0.25) is 4.79 Å². The zero-order valence-electron chi connectivity index (χ0n) is 6.69. The van der Waals surface area contributed by atoms with Crippen molar-refractivity contribution >= 4 is 5.78 Å². The van der Waals surface area contributed by atoms with Crippen LogP contribution in [0.4, 0.5) is 0 Å². The minimum atomic E-state index is -0.480. The number of hydrogen-bond acceptors (Lipinski definition) is 2. The molecule has 0 heterocycles. The van der Waals surface area contributed by atoms with Crippen molar-refractivity contribution in [1.82, 2.24) is 5.32 Å². The fourth-order valence-electron chi connectivity index (χ4n) is 0.453. The molecule has 0 radical (unpaired) electrons. The number of ketones is 1. The molecule has 56 valence electrons. The fraction of sp³-hybridized carbons (Fsp3) is 0.625. The number of nitrogens with one attached hydrogen (secondary N) is 1. The molecule has 1 N–H and O–H groups in total. The van der Waals surface area contributed by atoms with Crippen LogP contribution in [0.1, 0.15) is 20.3 Å². The standard InChI is InChI=1S/C8H13NO/c1-5-6-7(10)8(2,3)9-4/h1,9H,6H2,2-4H3. The van der Waals surface area contributed by atoms with Crippen molar-refractivity contribution in [1.29, 1.82) is 0 Å². The van der Waals surface area contributed by atoms with Gasteiger partial charge in [-0.1, -0.05) is 5.92 Å². The number of terminal acetylenes is 1. The highest BCUT2D eigenvalue weighted by atomic mass is 16.1. The molecule has 0 atom stereocenters. The van der Waals surface area contributed by atoms with Gasteiger partial charge in [0.2, 0.25) is 0 Å². The Morgan fingerprint density at radius 1 is 1.70 bits per heavy atom. The number of likely N-dealkylation sites (N-methyl/N-ethyl adjacent to an activating group) is 1. The molecule has 2 nitrogen and oxygen atoms in total. The summed E-state index contributed by atoms with van der Waals surface area (Å²) in [5.41, 5.74) is -0.480. The zero-order chi connectivity index (χ0) is 8.20. The number of hydrogen-bond donors (Lipinski definition) is 1. The molecule has 0 aliphatic rings. The molecule has 0 aromatic carbocycles. The molecule has 0 aliphatic carbocycles. The number of rotatable bonds is 3. The topological polar surface area (TPSA) is 29.1 Å². The van der Waals surface area contributed by atoms with E-state index >= 15 is 0 Å². The minimum Gasteiger partial charge on any atom is -0.308 e. The summed E-state index contributed by atoms with van der Waals surface area (Å²) < 4.78 is 0. The molecule has 0 fully saturated rings. The lowest BCUT2D eigenvalue weighted by atomic mass is 9.97. The molecule has 10 heavy (non-hydrogen) atoms. The van der Waals surface area contributed by atoms with Gasteiger partial charge in [0.15, 0.2) is 5.78 Å². The molecule has 0 aromatic rings. The summed E-state index contributed by atoms with van der Waals surface area (Å²) in [5.74, 6) is 2.37. The lowest BCUT2D eigenvalue weighted by Crippen LogP contribution is -2.44. The third kappa shape index (κ3) is 2.20. The van der Waals surface area contributed by atoms with Gasteiger partial charge in [0, 0.05) is 0 Å². The molecule has 0 aromatic heterocycles. The van der Waals surface area contributed by atoms with E-state index < -0.39 is 5.54 Å². The Hall–Kier alpha value is -0.810. The van der Waals surface area contributed by atoms with Crippen LogP contribution >= 0.6 is 0 Å². The van der Waals surface area contributed by atoms with Crippen LogP contribution in [0.15, 0.2) is 0 Å². The smallest absolute Gasteiger partial charge is 0.164 e. The molecule has 0 saturated carbocycles. The summed E-state index contributed by atoms with van der Waals surface area (Å²) in [6, 6.07) is 0. The van der Waals surface area contributed by atoms with Crippen molar-refractivity contribution < 1.29 is 4.79 Å². The molecule has 0 rings (SSSR count). The first-order valence-corrected chi connectivity index (χ1v) is 3.20. The summed E-state index contributed by atoms with van der Waals surface area (Å²) in [7, 11) is 1.74. The largest absolute Gasteiger partial charge is 0.308 e. The van der Waals surface area contributed by atoms with E-state index in [0.717, 1.165) is 0 Å². The predicted molar refractivity (Wildman–Crippen MR) is 41.6 cm³/mol. The SMILES string of the molecule is C#CCC(=O)C(C)(C)NC. The molecular weight excluding hydrogens is 126 g/mol. The minimum absolute atomic E-state index is 0.0532. The average Bonchev–Trinajstić information content (AvgIpc) is 1.89. The number of Topliss-reactive ketones (excluding diaryl/α,β-unsaturated/α-hetero) is 1. The van der Waals surface area contributed by atoms with Gasteiger partial charge < -0.3 is 5.32 Å². The van der Waals surface area contributed by atoms with Gasteiger partial charge in [-0.15, -0.1) is 6.42 Å². The molecule has 0 aliphatic heterocycles. The normalized spacial score (nSPS) is 10.6. The molecule has 0 unspecified atom stereocenters. The maximum atomic E-state index is 11.1. The van der Waals surface area contributed by atoms with Crippen LogP contribution in [-0.4, -0.2) is 18.4 Å². The summed E-state index contributed by atoms with van der Waals surface area (Å²) in [4.78, 5) is 11.1. The van der Waals surface area contributed by atoms with E-state index in [9.17, 15) is 4.79 Å². The number of carbonyl (C=O) groups is 1. The highest BCUT2D eigenvalue weighted by Crippen LogP contribution is 2.04. The van der Waals surface area contributed by atoms with Crippen LogP contribution in [-0.2, 0) is 4.79 Å². The maximum Gasteiger partial charge on any atom is 0.164 e. The monoisotopic (exact) mass is 139 g/mol. The Kier molecular flexibility index (Phi) is 3.11. The van der Waals surface area contributed by atoms with E-state index in [4.69, 9.17) is 6.42 Å². The number of carbonyl (C=O) groups excluding carboxylic acids is 1. The van der Waals surface area contributed by atoms with Gasteiger partial charge in [0.05, 0.1) is 12.0 Å². The molecule has 0 saturated heterocycles. The summed E-state index contributed by atoms with van der Waals surface area (Å²) in [5, 5.41) is 2.88. The van der Waals surface area contributed by atoms with Gasteiger partial charge >= 0.3 is 0 Å². The molecular formula is C8H13NO. The average molecular weight is 139 g/mol. The van der Waals surface area contributed by atoms with E-state index in [1.54, 1.807) is 7.05 Å². The van der Waals surface area contributed by atoms with E-state index in [2.05, 4.69) is 11.2 Å². The Morgan fingerprint density at radius 3 is 2.50 bits per heavy atom. The Morgan fingerprint density at radius 2 is 2.20 bits per heavy atom. The second-order valence-electron chi connectivity index (χ2n) is 2.68. The van der Waals surface area contributed by atoms with Crippen LogP contribution in [0, 0.1) is 12.3 Å². The summed E-state index contributed by atoms with van der Waals surface area (Å²) >= 11 is 0. The van der Waals surface area contributed by atoms with Crippen molar-refractivity contribution in [3.8, 4) is 12.3 Å². The summed E-state index contributed by atoms with van der Waals surface area (Å²) in [6.07, 6.45) is 5.18. The van der Waals surface area contributed by atoms with Crippen molar-refractivity contribution in [2.45, 2.75) is 25.8 Å². The highest BCUT2D eigenvalue weighted by Gasteiger charge is 2.23. The quantitative estimate of drug-likeness (QED) is 0.579. The van der Waals surface area contributed by atoms with Gasteiger partial charge in [0.1, 0.15) is 0 Å². The first-order chi connectivity index (χ1) is 4.54. The van der Waals surface area contributed by atoms with Gasteiger partial charge in [-0.25, -0.2) is 0 Å². The van der Waals surface area contributed by atoms with Crippen molar-refractivity contribution in [2.75, 3.05) is 7.05 Å². The Bertz CT molecular complexity index is 165. The molecule has 2 heteroatoms. The second kappa shape index (κ2) is 3.38. The summed E-state index contributed by atoms with van der Waals surface area (Å²) in [6.45, 7) is 3.62. The first-order valence-electron chi connectivity index (χ1n) is 3.20. The van der Waals surface area contributed by atoms with Crippen molar-refractivity contribution in [3.05, 3.63) is 0 Å². The fourth-order valence-corrected chi connectivity index (χ4v) is 0.453. The van der Waals surface area contributed by atoms with Crippen molar-refractivity contribution in [3.63, 3.8) is 0 Å². The van der Waals surface area contributed by atoms with Crippen LogP contribution < -0.4 is 5.32 Å². The van der Waals surface area contributed by atoms with Crippen molar-refractivity contribution in [2.24, 2.45) is 0 Å². The van der Waals surface area contributed by atoms with E-state index in [-0.39, 0.29) is 12.2 Å². The van der Waals surface area contributed by atoms with Gasteiger partial charge in [-0.05, 0) is 20.9 Å². The lowest BCUT2D eigenvalue weighted by molar-refractivity contribution is -0.123. The van der Waals surface area contributed by atoms with Crippen LogP contribution in [0.5, 0.6) is 0 Å². The predicted octanol–water partition coefficient (Wildman–Crippen LogP) is 0.577. The van der Waals surface area contributed by atoms with Crippen LogP contribution in [0.25, 0.3) is 0 Å². The first kappa shape index (κ1) is 9.19. The third-order valence-corrected chi connectivity index (χ3v) is 1.58. The molecule has 0 bridgehead atoms. The third-order valence-electron chi connectivity index (χ3n) is 1.58. The van der Waals surface area contributed by atoms with E-state index in [1.807, 2.05) is 13.8 Å². The van der Waals surface area contributed by atoms with Crippen LogP contribution in [0.2, 0.25) is 0 Å². The Labute approximate surface area is 62.0 Å². The maximum absolute atomic E-state index is 11.1.